The molecule has 1 aliphatic carbocycles. The molecule has 20 heavy (non-hydrogen) atoms. The lowest BCUT2D eigenvalue weighted by Crippen LogP contribution is -2.46. The molecule has 2 N–H and O–H groups in total. The van der Waals surface area contributed by atoms with Gasteiger partial charge in [-0.15, -0.1) is 0 Å². The minimum atomic E-state index is 0.202. The molecule has 114 valence electrons. The lowest BCUT2D eigenvalue weighted by molar-refractivity contribution is -0.121. The molecular weight excluding hydrogens is 250 g/mol. The van der Waals surface area contributed by atoms with Gasteiger partial charge >= 0.3 is 0 Å². The maximum absolute atomic E-state index is 12.1. The number of hydrogen-bond acceptors (Lipinski definition) is 3. The molecule has 2 heterocycles. The van der Waals surface area contributed by atoms with Crippen LogP contribution >= 0.6 is 0 Å². The van der Waals surface area contributed by atoms with Crippen molar-refractivity contribution in [1.82, 2.24) is 15.5 Å². The second-order valence-electron chi connectivity index (χ2n) is 6.78. The van der Waals surface area contributed by atoms with Gasteiger partial charge in [-0.3, -0.25) is 9.69 Å². The third kappa shape index (κ3) is 3.53. The zero-order chi connectivity index (χ0) is 13.8. The fourth-order valence-corrected chi connectivity index (χ4v) is 4.25. The monoisotopic (exact) mass is 279 g/mol. The fourth-order valence-electron chi connectivity index (χ4n) is 4.25. The van der Waals surface area contributed by atoms with Crippen LogP contribution in [0.25, 0.3) is 0 Å². The van der Waals surface area contributed by atoms with Gasteiger partial charge in [0.05, 0.1) is 6.54 Å². The summed E-state index contributed by atoms with van der Waals surface area (Å²) in [6, 6.07) is 1.66. The molecule has 4 heteroatoms. The van der Waals surface area contributed by atoms with Gasteiger partial charge in [0, 0.05) is 24.7 Å². The van der Waals surface area contributed by atoms with Crippen LogP contribution in [0.5, 0.6) is 0 Å². The maximum atomic E-state index is 12.1. The third-order valence-corrected chi connectivity index (χ3v) is 5.35. The van der Waals surface area contributed by atoms with Gasteiger partial charge in [0.25, 0.3) is 0 Å². The van der Waals surface area contributed by atoms with Crippen molar-refractivity contribution in [1.29, 1.82) is 0 Å². The minimum Gasteiger partial charge on any atom is -0.352 e. The molecule has 1 saturated carbocycles. The summed E-state index contributed by atoms with van der Waals surface area (Å²) in [6.07, 6.45) is 11.4. The highest BCUT2D eigenvalue weighted by atomic mass is 16.2. The Labute approximate surface area is 122 Å². The van der Waals surface area contributed by atoms with Gasteiger partial charge in [-0.25, -0.2) is 0 Å². The molecule has 2 unspecified atom stereocenters. The summed E-state index contributed by atoms with van der Waals surface area (Å²) >= 11 is 0. The molecule has 0 bridgehead atoms. The lowest BCUT2D eigenvalue weighted by atomic mass is 10.1. The first kappa shape index (κ1) is 14.3. The van der Waals surface area contributed by atoms with E-state index in [0.29, 0.717) is 24.7 Å². The second kappa shape index (κ2) is 6.90. The van der Waals surface area contributed by atoms with E-state index < -0.39 is 0 Å². The van der Waals surface area contributed by atoms with E-state index in [1.54, 1.807) is 0 Å². The Balaban J connectivity index is 1.38. The largest absolute Gasteiger partial charge is 0.352 e. The van der Waals surface area contributed by atoms with Crippen molar-refractivity contribution in [3.63, 3.8) is 0 Å². The van der Waals surface area contributed by atoms with Gasteiger partial charge < -0.3 is 10.6 Å². The van der Waals surface area contributed by atoms with Crippen LogP contribution in [0.3, 0.4) is 0 Å². The van der Waals surface area contributed by atoms with Crippen LogP contribution in [0.2, 0.25) is 0 Å². The topological polar surface area (TPSA) is 44.4 Å². The molecule has 0 spiro atoms. The Morgan fingerprint density at radius 3 is 2.55 bits per heavy atom. The van der Waals surface area contributed by atoms with Crippen molar-refractivity contribution in [3.8, 4) is 0 Å². The van der Waals surface area contributed by atoms with Gasteiger partial charge in [-0.05, 0) is 38.6 Å². The van der Waals surface area contributed by atoms with E-state index >= 15 is 0 Å². The zero-order valence-electron chi connectivity index (χ0n) is 12.6. The average molecular weight is 279 g/mol. The number of carbonyl (C=O) groups excluding carboxylic acids is 1. The maximum Gasteiger partial charge on any atom is 0.234 e. The van der Waals surface area contributed by atoms with E-state index in [9.17, 15) is 4.79 Å². The predicted molar refractivity (Wildman–Crippen MR) is 80.6 cm³/mol. The molecule has 0 radical (unpaired) electrons. The Kier molecular flexibility index (Phi) is 4.94. The van der Waals surface area contributed by atoms with Gasteiger partial charge in [-0.2, -0.15) is 0 Å². The predicted octanol–water partition coefficient (Wildman–Crippen LogP) is 1.65. The highest BCUT2D eigenvalue weighted by molar-refractivity contribution is 5.78. The van der Waals surface area contributed by atoms with Crippen molar-refractivity contribution in [3.05, 3.63) is 0 Å². The van der Waals surface area contributed by atoms with Crippen LogP contribution in [-0.4, -0.2) is 48.6 Å². The van der Waals surface area contributed by atoms with Gasteiger partial charge in [0.2, 0.25) is 5.91 Å². The standard InChI is InChI=1S/C16H29N3O/c20-16(18-13-6-3-1-2-4-7-13)12-17-14-9-11-19-10-5-8-15(14)19/h13-15,17H,1-12H2,(H,18,20). The summed E-state index contributed by atoms with van der Waals surface area (Å²) in [7, 11) is 0. The molecule has 3 fully saturated rings. The minimum absolute atomic E-state index is 0.202. The number of nitrogens with zero attached hydrogens (tertiary/aromatic N) is 1. The molecule has 1 amide bonds. The quantitative estimate of drug-likeness (QED) is 0.769. The fraction of sp³-hybridized carbons (Fsp3) is 0.938. The van der Waals surface area contributed by atoms with E-state index in [4.69, 9.17) is 0 Å². The molecule has 0 aromatic rings. The number of amides is 1. The van der Waals surface area contributed by atoms with E-state index in [0.717, 1.165) is 0 Å². The van der Waals surface area contributed by atoms with Gasteiger partial charge in [0.1, 0.15) is 0 Å². The molecule has 3 rings (SSSR count). The Morgan fingerprint density at radius 2 is 1.75 bits per heavy atom. The highest BCUT2D eigenvalue weighted by Gasteiger charge is 2.36. The summed E-state index contributed by atoms with van der Waals surface area (Å²) in [5.74, 6) is 0.202. The summed E-state index contributed by atoms with van der Waals surface area (Å²) in [5.41, 5.74) is 0. The Hall–Kier alpha value is -0.610. The first-order valence-corrected chi connectivity index (χ1v) is 8.60. The summed E-state index contributed by atoms with van der Waals surface area (Å²) in [6.45, 7) is 2.98. The van der Waals surface area contributed by atoms with E-state index in [-0.39, 0.29) is 5.91 Å². The summed E-state index contributed by atoms with van der Waals surface area (Å²) in [5, 5.41) is 6.73. The van der Waals surface area contributed by atoms with Crippen molar-refractivity contribution in [2.75, 3.05) is 19.6 Å². The van der Waals surface area contributed by atoms with E-state index in [2.05, 4.69) is 15.5 Å². The normalized spacial score (nSPS) is 32.0. The molecule has 3 aliphatic rings. The molecule has 0 aromatic carbocycles. The van der Waals surface area contributed by atoms with Crippen LogP contribution in [0, 0.1) is 0 Å². The van der Waals surface area contributed by atoms with Crippen LogP contribution in [0.1, 0.15) is 57.8 Å². The van der Waals surface area contributed by atoms with Crippen molar-refractivity contribution < 1.29 is 4.79 Å². The first-order valence-electron chi connectivity index (χ1n) is 8.60. The number of carbonyl (C=O) groups is 1. The van der Waals surface area contributed by atoms with Crippen LogP contribution < -0.4 is 10.6 Å². The first-order chi connectivity index (χ1) is 9.83. The third-order valence-electron chi connectivity index (χ3n) is 5.35. The Morgan fingerprint density at radius 1 is 0.950 bits per heavy atom. The molecule has 0 aromatic heterocycles. The number of hydrogen-bond donors (Lipinski definition) is 2. The molecular formula is C16H29N3O. The molecule has 2 atom stereocenters. The van der Waals surface area contributed by atoms with E-state index in [1.165, 1.54) is 70.9 Å². The SMILES string of the molecule is O=C(CNC1CCN2CCCC12)NC1CCCCCC1. The van der Waals surface area contributed by atoms with Crippen molar-refractivity contribution in [2.45, 2.75) is 75.9 Å². The Bertz CT molecular complexity index is 326. The zero-order valence-corrected chi connectivity index (χ0v) is 12.6. The molecule has 2 aliphatic heterocycles. The summed E-state index contributed by atoms with van der Waals surface area (Å²) in [4.78, 5) is 14.7. The van der Waals surface area contributed by atoms with Crippen molar-refractivity contribution >= 4 is 5.91 Å². The number of fused-ring (bicyclic) bond motifs is 1. The smallest absolute Gasteiger partial charge is 0.234 e. The average Bonchev–Trinajstić information content (AvgIpc) is 2.95. The molecule has 4 nitrogen and oxygen atoms in total. The van der Waals surface area contributed by atoms with E-state index in [1.807, 2.05) is 0 Å². The lowest BCUT2D eigenvalue weighted by Gasteiger charge is -2.22. The molecule has 2 saturated heterocycles. The van der Waals surface area contributed by atoms with Crippen LogP contribution in [-0.2, 0) is 4.79 Å². The number of nitrogens with one attached hydrogen (secondary N) is 2. The van der Waals surface area contributed by atoms with Gasteiger partial charge in [-0.1, -0.05) is 25.7 Å². The van der Waals surface area contributed by atoms with Gasteiger partial charge in [0.15, 0.2) is 0 Å². The van der Waals surface area contributed by atoms with Crippen LogP contribution in [0.4, 0.5) is 0 Å². The van der Waals surface area contributed by atoms with Crippen molar-refractivity contribution in [2.24, 2.45) is 0 Å². The number of rotatable bonds is 4. The summed E-state index contributed by atoms with van der Waals surface area (Å²) < 4.78 is 0. The highest BCUT2D eigenvalue weighted by Crippen LogP contribution is 2.27. The van der Waals surface area contributed by atoms with Crippen LogP contribution in [0.15, 0.2) is 0 Å². The second-order valence-corrected chi connectivity index (χ2v) is 6.78.